The maximum atomic E-state index is 11.8. The molecule has 5 heteroatoms. The number of hydrogen-bond donors (Lipinski definition) is 1. The fourth-order valence-electron chi connectivity index (χ4n) is 1.55. The summed E-state index contributed by atoms with van der Waals surface area (Å²) in [4.78, 5) is 0. The molecule has 1 N–H and O–H groups in total. The van der Waals surface area contributed by atoms with Crippen LogP contribution in [0.25, 0.3) is 0 Å². The second-order valence-electron chi connectivity index (χ2n) is 4.60. The molecule has 1 unspecified atom stereocenters. The predicted octanol–water partition coefficient (Wildman–Crippen LogP) is 2.73. The van der Waals surface area contributed by atoms with Crippen molar-refractivity contribution < 1.29 is 17.9 Å². The summed E-state index contributed by atoms with van der Waals surface area (Å²) in [6.07, 6.45) is 0.235. The number of nitrogens with one attached hydrogen (secondary N) is 1. The van der Waals surface area contributed by atoms with Crippen LogP contribution in [0.4, 0.5) is 13.2 Å². The normalized spacial score (nSPS) is 19.5. The molecular weight excluding hydrogens is 219 g/mol. The van der Waals surface area contributed by atoms with Gasteiger partial charge in [0, 0.05) is 12.6 Å². The Balaban J connectivity index is 1.91. The Morgan fingerprint density at radius 2 is 2.06 bits per heavy atom. The summed E-state index contributed by atoms with van der Waals surface area (Å²) in [5.74, 6) is 0.369. The van der Waals surface area contributed by atoms with Gasteiger partial charge in [0.2, 0.25) is 0 Å². The van der Waals surface area contributed by atoms with E-state index in [9.17, 15) is 13.2 Å². The van der Waals surface area contributed by atoms with Crippen molar-refractivity contribution >= 4 is 0 Å². The van der Waals surface area contributed by atoms with Gasteiger partial charge in [0.1, 0.15) is 6.61 Å². The Bertz CT molecular complexity index is 192. The largest absolute Gasteiger partial charge is 0.411 e. The van der Waals surface area contributed by atoms with Gasteiger partial charge in [0.15, 0.2) is 0 Å². The van der Waals surface area contributed by atoms with Crippen LogP contribution in [-0.2, 0) is 4.74 Å². The lowest BCUT2D eigenvalue weighted by Crippen LogP contribution is -2.37. The van der Waals surface area contributed by atoms with E-state index >= 15 is 0 Å². The fourth-order valence-corrected chi connectivity index (χ4v) is 1.55. The molecule has 0 amide bonds. The van der Waals surface area contributed by atoms with Crippen molar-refractivity contribution in [3.8, 4) is 0 Å². The Morgan fingerprint density at radius 1 is 1.38 bits per heavy atom. The number of hydrogen-bond acceptors (Lipinski definition) is 2. The van der Waals surface area contributed by atoms with E-state index in [1.807, 2.05) is 6.92 Å². The van der Waals surface area contributed by atoms with Crippen LogP contribution in [0.15, 0.2) is 0 Å². The first-order valence-electron chi connectivity index (χ1n) is 5.85. The van der Waals surface area contributed by atoms with Gasteiger partial charge in [-0.25, -0.2) is 0 Å². The fraction of sp³-hybridized carbons (Fsp3) is 1.00. The minimum Gasteiger partial charge on any atom is -0.372 e. The summed E-state index contributed by atoms with van der Waals surface area (Å²) in [6.45, 7) is 1.96. The van der Waals surface area contributed by atoms with E-state index in [2.05, 4.69) is 10.1 Å². The molecule has 1 atom stereocenters. The Labute approximate surface area is 94.5 Å². The maximum Gasteiger partial charge on any atom is 0.411 e. The Hall–Kier alpha value is -0.290. The second kappa shape index (κ2) is 6.45. The third-order valence-corrected chi connectivity index (χ3v) is 2.88. The first-order chi connectivity index (χ1) is 7.47. The number of halogens is 3. The van der Waals surface area contributed by atoms with E-state index in [1.54, 1.807) is 0 Å². The zero-order chi connectivity index (χ0) is 12.0. The van der Waals surface area contributed by atoms with Crippen molar-refractivity contribution in [1.82, 2.24) is 5.32 Å². The van der Waals surface area contributed by atoms with E-state index in [0.717, 1.165) is 6.54 Å². The molecule has 0 radical (unpaired) electrons. The van der Waals surface area contributed by atoms with Crippen LogP contribution >= 0.6 is 0 Å². The lowest BCUT2D eigenvalue weighted by molar-refractivity contribution is -0.174. The Morgan fingerprint density at radius 3 is 2.56 bits per heavy atom. The smallest absolute Gasteiger partial charge is 0.372 e. The average molecular weight is 239 g/mol. The molecule has 0 aromatic rings. The van der Waals surface area contributed by atoms with Crippen molar-refractivity contribution in [3.05, 3.63) is 0 Å². The first kappa shape index (κ1) is 13.8. The van der Waals surface area contributed by atoms with Crippen LogP contribution in [0.3, 0.4) is 0 Å². The van der Waals surface area contributed by atoms with Gasteiger partial charge in [0.05, 0.1) is 0 Å². The topological polar surface area (TPSA) is 21.3 Å². The third-order valence-electron chi connectivity index (χ3n) is 2.88. The van der Waals surface area contributed by atoms with Crippen molar-refractivity contribution in [2.45, 2.75) is 44.8 Å². The molecule has 0 saturated heterocycles. The van der Waals surface area contributed by atoms with Crippen molar-refractivity contribution in [3.63, 3.8) is 0 Å². The summed E-state index contributed by atoms with van der Waals surface area (Å²) in [6, 6.07) is 0.638. The van der Waals surface area contributed by atoms with Gasteiger partial charge in [-0.05, 0) is 31.7 Å². The van der Waals surface area contributed by atoms with Crippen LogP contribution in [0.1, 0.15) is 32.6 Å². The van der Waals surface area contributed by atoms with Crippen molar-refractivity contribution in [1.29, 1.82) is 0 Å². The third kappa shape index (κ3) is 6.33. The monoisotopic (exact) mass is 239 g/mol. The highest BCUT2D eigenvalue weighted by molar-refractivity contribution is 4.76. The van der Waals surface area contributed by atoms with E-state index in [0.29, 0.717) is 18.4 Å². The molecule has 1 saturated carbocycles. The number of ether oxygens (including phenoxy) is 1. The van der Waals surface area contributed by atoms with Gasteiger partial charge in [-0.1, -0.05) is 13.3 Å². The molecule has 0 aromatic heterocycles. The van der Waals surface area contributed by atoms with E-state index in [1.165, 1.54) is 19.3 Å². The van der Waals surface area contributed by atoms with Crippen LogP contribution in [0.5, 0.6) is 0 Å². The summed E-state index contributed by atoms with van der Waals surface area (Å²) >= 11 is 0. The summed E-state index contributed by atoms with van der Waals surface area (Å²) in [5.41, 5.74) is 0. The molecule has 2 nitrogen and oxygen atoms in total. The zero-order valence-corrected chi connectivity index (χ0v) is 9.65. The lowest BCUT2D eigenvalue weighted by atomic mass is 9.92. The molecule has 1 rings (SSSR count). The predicted molar refractivity (Wildman–Crippen MR) is 56.3 cm³/mol. The SMILES string of the molecule is CC(CCOCC(F)(F)F)CNC1CCC1. The van der Waals surface area contributed by atoms with E-state index in [4.69, 9.17) is 0 Å². The minimum absolute atomic E-state index is 0.188. The highest BCUT2D eigenvalue weighted by atomic mass is 19.4. The van der Waals surface area contributed by atoms with Crippen LogP contribution in [-0.4, -0.2) is 32.0 Å². The van der Waals surface area contributed by atoms with Crippen molar-refractivity contribution in [2.75, 3.05) is 19.8 Å². The summed E-state index contributed by atoms with van der Waals surface area (Å²) in [7, 11) is 0. The molecule has 96 valence electrons. The molecular formula is C11H20F3NO. The van der Waals surface area contributed by atoms with Crippen LogP contribution in [0, 0.1) is 5.92 Å². The molecule has 0 spiro atoms. The van der Waals surface area contributed by atoms with Crippen LogP contribution < -0.4 is 5.32 Å². The maximum absolute atomic E-state index is 11.8. The van der Waals surface area contributed by atoms with Gasteiger partial charge in [-0.2, -0.15) is 13.2 Å². The Kier molecular flexibility index (Phi) is 5.55. The minimum atomic E-state index is -4.20. The highest BCUT2D eigenvalue weighted by Crippen LogP contribution is 2.18. The van der Waals surface area contributed by atoms with Gasteiger partial charge in [-0.15, -0.1) is 0 Å². The quantitative estimate of drug-likeness (QED) is 0.690. The zero-order valence-electron chi connectivity index (χ0n) is 9.65. The summed E-state index contributed by atoms with van der Waals surface area (Å²) in [5, 5.41) is 3.40. The summed E-state index contributed by atoms with van der Waals surface area (Å²) < 4.78 is 39.8. The molecule has 0 bridgehead atoms. The molecule has 1 aliphatic carbocycles. The molecule has 16 heavy (non-hydrogen) atoms. The molecule has 0 aromatic carbocycles. The molecule has 0 aliphatic heterocycles. The van der Waals surface area contributed by atoms with Crippen LogP contribution in [0.2, 0.25) is 0 Å². The standard InChI is InChI=1S/C11H20F3NO/c1-9(7-15-10-3-2-4-10)5-6-16-8-11(12,13)14/h9-10,15H,2-8H2,1H3. The highest BCUT2D eigenvalue weighted by Gasteiger charge is 2.27. The van der Waals surface area contributed by atoms with E-state index < -0.39 is 12.8 Å². The second-order valence-corrected chi connectivity index (χ2v) is 4.60. The van der Waals surface area contributed by atoms with Gasteiger partial charge in [0.25, 0.3) is 0 Å². The average Bonchev–Trinajstić information content (AvgIpc) is 2.08. The molecule has 1 fully saturated rings. The van der Waals surface area contributed by atoms with E-state index in [-0.39, 0.29) is 6.61 Å². The van der Waals surface area contributed by atoms with Gasteiger partial charge in [-0.3, -0.25) is 0 Å². The lowest BCUT2D eigenvalue weighted by Gasteiger charge is -2.28. The first-order valence-corrected chi connectivity index (χ1v) is 5.85. The number of alkyl halides is 3. The number of rotatable bonds is 7. The molecule has 1 aliphatic rings. The molecule has 0 heterocycles. The van der Waals surface area contributed by atoms with Gasteiger partial charge < -0.3 is 10.1 Å². The van der Waals surface area contributed by atoms with Crippen molar-refractivity contribution in [2.24, 2.45) is 5.92 Å². The van der Waals surface area contributed by atoms with Gasteiger partial charge >= 0.3 is 6.18 Å².